The second-order valence-corrected chi connectivity index (χ2v) is 8.93. The van der Waals surface area contributed by atoms with E-state index in [0.717, 1.165) is 19.6 Å². The summed E-state index contributed by atoms with van der Waals surface area (Å²) in [4.78, 5) is 0. The first-order chi connectivity index (χ1) is 15.9. The zero-order valence-corrected chi connectivity index (χ0v) is 21.9. The molecule has 193 valence electrons. The number of unbranched alkanes of at least 4 members (excludes halogenated alkanes) is 17. The molecule has 0 aliphatic rings. The SMILES string of the molecule is CCCCCCCCCCCCCCCCCCCCO[CH]COCCOCCOCC. The second kappa shape index (κ2) is 30.8. The standard InChI is InChI=1S/C28H57O4/c1-3-5-6-7-8-9-10-11-12-13-14-15-16-17-18-19-20-21-22-30-25-26-32-28-27-31-24-23-29-4-2/h25H,3-24,26-28H2,1-2H3. The van der Waals surface area contributed by atoms with Crippen LogP contribution in [-0.4, -0.2) is 46.2 Å². The molecule has 0 aliphatic heterocycles. The Morgan fingerprint density at radius 3 is 1.28 bits per heavy atom. The van der Waals surface area contributed by atoms with Crippen molar-refractivity contribution in [1.29, 1.82) is 0 Å². The molecule has 4 heteroatoms. The maximum Gasteiger partial charge on any atom is 0.109 e. The molecule has 0 aromatic rings. The minimum atomic E-state index is 0.536. The van der Waals surface area contributed by atoms with E-state index in [9.17, 15) is 0 Å². The van der Waals surface area contributed by atoms with Gasteiger partial charge in [-0.15, -0.1) is 0 Å². The van der Waals surface area contributed by atoms with Crippen LogP contribution in [0.3, 0.4) is 0 Å². The van der Waals surface area contributed by atoms with Crippen LogP contribution in [0.4, 0.5) is 0 Å². The summed E-state index contributed by atoms with van der Waals surface area (Å²) in [6.45, 7) is 10.6. The van der Waals surface area contributed by atoms with Crippen LogP contribution in [0, 0.1) is 6.61 Å². The first kappa shape index (κ1) is 31.8. The third-order valence-corrected chi connectivity index (χ3v) is 5.87. The molecule has 0 fully saturated rings. The van der Waals surface area contributed by atoms with Gasteiger partial charge in [0.1, 0.15) is 6.61 Å². The Balaban J connectivity index is 2.98. The van der Waals surface area contributed by atoms with Crippen molar-refractivity contribution in [2.24, 2.45) is 0 Å². The predicted octanol–water partition coefficient (Wildman–Crippen LogP) is 8.28. The van der Waals surface area contributed by atoms with Crippen molar-refractivity contribution >= 4 is 0 Å². The first-order valence-corrected chi connectivity index (χ1v) is 14.1. The summed E-state index contributed by atoms with van der Waals surface area (Å²) in [7, 11) is 0. The first-order valence-electron chi connectivity index (χ1n) is 14.1. The van der Waals surface area contributed by atoms with Crippen molar-refractivity contribution in [2.75, 3.05) is 46.2 Å². The van der Waals surface area contributed by atoms with E-state index in [1.54, 1.807) is 6.61 Å². The van der Waals surface area contributed by atoms with Gasteiger partial charge in [0.25, 0.3) is 0 Å². The molecule has 0 bridgehead atoms. The molecule has 0 saturated heterocycles. The van der Waals surface area contributed by atoms with Crippen molar-refractivity contribution in [2.45, 2.75) is 129 Å². The lowest BCUT2D eigenvalue weighted by Crippen LogP contribution is -2.10. The molecule has 0 heterocycles. The molecule has 0 aliphatic carbocycles. The lowest BCUT2D eigenvalue weighted by Gasteiger charge is -2.06. The van der Waals surface area contributed by atoms with E-state index in [-0.39, 0.29) is 0 Å². The van der Waals surface area contributed by atoms with Gasteiger partial charge in [-0.1, -0.05) is 116 Å². The van der Waals surface area contributed by atoms with Crippen LogP contribution in [-0.2, 0) is 18.9 Å². The van der Waals surface area contributed by atoms with E-state index < -0.39 is 0 Å². The van der Waals surface area contributed by atoms with Gasteiger partial charge in [-0.3, -0.25) is 0 Å². The minimum absolute atomic E-state index is 0.536. The van der Waals surface area contributed by atoms with Gasteiger partial charge in [0.2, 0.25) is 0 Å². The highest BCUT2D eigenvalue weighted by atomic mass is 16.6. The fraction of sp³-hybridized carbons (Fsp3) is 0.964. The summed E-state index contributed by atoms with van der Waals surface area (Å²) in [5, 5.41) is 0. The Kier molecular flexibility index (Phi) is 30.7. The van der Waals surface area contributed by atoms with Crippen LogP contribution in [0.2, 0.25) is 0 Å². The average Bonchev–Trinajstić information content (AvgIpc) is 2.81. The number of rotatable bonds is 29. The summed E-state index contributed by atoms with van der Waals surface area (Å²) >= 11 is 0. The number of hydrogen-bond acceptors (Lipinski definition) is 4. The minimum Gasteiger partial charge on any atom is -0.379 e. The molecular weight excluding hydrogens is 400 g/mol. The summed E-state index contributed by atoms with van der Waals surface area (Å²) in [6.07, 6.45) is 25.3. The molecule has 0 amide bonds. The van der Waals surface area contributed by atoms with Crippen LogP contribution < -0.4 is 0 Å². The fourth-order valence-electron chi connectivity index (χ4n) is 3.83. The van der Waals surface area contributed by atoms with Crippen LogP contribution in [0.5, 0.6) is 0 Å². The zero-order valence-electron chi connectivity index (χ0n) is 21.9. The van der Waals surface area contributed by atoms with Gasteiger partial charge in [-0.25, -0.2) is 0 Å². The van der Waals surface area contributed by atoms with Crippen LogP contribution in [0.1, 0.15) is 129 Å². The highest BCUT2D eigenvalue weighted by Crippen LogP contribution is 2.14. The molecule has 32 heavy (non-hydrogen) atoms. The summed E-state index contributed by atoms with van der Waals surface area (Å²) < 4.78 is 21.5. The smallest absolute Gasteiger partial charge is 0.109 e. The third kappa shape index (κ3) is 29.8. The largest absolute Gasteiger partial charge is 0.379 e. The molecule has 1 radical (unpaired) electrons. The third-order valence-electron chi connectivity index (χ3n) is 5.87. The summed E-state index contributed by atoms with van der Waals surface area (Å²) in [5.74, 6) is 0. The lowest BCUT2D eigenvalue weighted by atomic mass is 10.0. The van der Waals surface area contributed by atoms with E-state index >= 15 is 0 Å². The van der Waals surface area contributed by atoms with Crippen LogP contribution >= 0.6 is 0 Å². The molecule has 0 N–H and O–H groups in total. The van der Waals surface area contributed by atoms with Gasteiger partial charge >= 0.3 is 0 Å². The molecule has 0 spiro atoms. The number of hydrogen-bond donors (Lipinski definition) is 0. The van der Waals surface area contributed by atoms with E-state index in [1.165, 1.54) is 109 Å². The van der Waals surface area contributed by atoms with E-state index in [1.807, 2.05) is 6.92 Å². The Labute approximate surface area is 201 Å². The highest BCUT2D eigenvalue weighted by molar-refractivity contribution is 4.52. The van der Waals surface area contributed by atoms with Crippen molar-refractivity contribution in [3.05, 3.63) is 6.61 Å². The van der Waals surface area contributed by atoms with Gasteiger partial charge in [-0.05, 0) is 13.3 Å². The van der Waals surface area contributed by atoms with Crippen molar-refractivity contribution < 1.29 is 18.9 Å². The predicted molar refractivity (Wildman–Crippen MR) is 137 cm³/mol. The summed E-state index contributed by atoms with van der Waals surface area (Å²) in [5.41, 5.74) is 0. The van der Waals surface area contributed by atoms with Gasteiger partial charge in [0.05, 0.1) is 33.0 Å². The van der Waals surface area contributed by atoms with Gasteiger partial charge < -0.3 is 18.9 Å². The van der Waals surface area contributed by atoms with Gasteiger partial charge in [0, 0.05) is 13.2 Å². The Morgan fingerprint density at radius 2 is 0.812 bits per heavy atom. The van der Waals surface area contributed by atoms with E-state index in [4.69, 9.17) is 18.9 Å². The molecule has 0 atom stereocenters. The fourth-order valence-corrected chi connectivity index (χ4v) is 3.83. The zero-order chi connectivity index (χ0) is 23.2. The molecular formula is C28H57O4. The van der Waals surface area contributed by atoms with Crippen molar-refractivity contribution in [3.8, 4) is 0 Å². The highest BCUT2D eigenvalue weighted by Gasteiger charge is 1.96. The summed E-state index contributed by atoms with van der Waals surface area (Å²) in [6, 6.07) is 0. The number of ether oxygens (including phenoxy) is 4. The Morgan fingerprint density at radius 1 is 0.406 bits per heavy atom. The quantitative estimate of drug-likeness (QED) is 0.106. The lowest BCUT2D eigenvalue weighted by molar-refractivity contribution is 0.0119. The maximum atomic E-state index is 5.51. The van der Waals surface area contributed by atoms with E-state index in [0.29, 0.717) is 33.0 Å². The van der Waals surface area contributed by atoms with E-state index in [2.05, 4.69) is 6.92 Å². The van der Waals surface area contributed by atoms with Crippen molar-refractivity contribution in [3.63, 3.8) is 0 Å². The second-order valence-electron chi connectivity index (χ2n) is 8.93. The normalized spacial score (nSPS) is 11.4. The molecule has 0 aromatic carbocycles. The molecule has 0 rings (SSSR count). The molecule has 0 saturated carbocycles. The Hall–Kier alpha value is -0.160. The topological polar surface area (TPSA) is 36.9 Å². The maximum absolute atomic E-state index is 5.51. The van der Waals surface area contributed by atoms with Crippen molar-refractivity contribution in [1.82, 2.24) is 0 Å². The monoisotopic (exact) mass is 457 g/mol. The van der Waals surface area contributed by atoms with Gasteiger partial charge in [0.15, 0.2) is 0 Å². The molecule has 0 unspecified atom stereocenters. The molecule has 0 aromatic heterocycles. The van der Waals surface area contributed by atoms with Gasteiger partial charge in [-0.2, -0.15) is 0 Å². The Bertz CT molecular complexity index is 282. The molecule has 4 nitrogen and oxygen atoms in total. The van der Waals surface area contributed by atoms with Crippen LogP contribution in [0.15, 0.2) is 0 Å². The average molecular weight is 458 g/mol. The van der Waals surface area contributed by atoms with Crippen LogP contribution in [0.25, 0.3) is 0 Å².